The van der Waals surface area contributed by atoms with E-state index >= 15 is 0 Å². The Labute approximate surface area is 206 Å². The molecule has 0 bridgehead atoms. The van der Waals surface area contributed by atoms with Crippen molar-refractivity contribution in [2.24, 2.45) is 5.10 Å². The Morgan fingerprint density at radius 1 is 1.09 bits per heavy atom. The number of halogens is 1. The SMILES string of the molecule is CCOc1ccc(/C=N\NC(=O)CSc2nnc(-c3ccncc3)n2-c2ccc(Cl)cc2)cc1. The summed E-state index contributed by atoms with van der Waals surface area (Å²) >= 11 is 7.32. The number of amides is 1. The summed E-state index contributed by atoms with van der Waals surface area (Å²) in [6.45, 7) is 2.54. The van der Waals surface area contributed by atoms with Gasteiger partial charge in [-0.3, -0.25) is 14.3 Å². The molecule has 0 saturated heterocycles. The second kappa shape index (κ2) is 11.4. The van der Waals surface area contributed by atoms with Gasteiger partial charge in [0.05, 0.1) is 18.6 Å². The molecule has 1 amide bonds. The predicted molar refractivity (Wildman–Crippen MR) is 134 cm³/mol. The number of hydrogen-bond acceptors (Lipinski definition) is 7. The highest BCUT2D eigenvalue weighted by Gasteiger charge is 2.17. The van der Waals surface area contributed by atoms with Crippen molar-refractivity contribution in [3.8, 4) is 22.8 Å². The maximum absolute atomic E-state index is 12.4. The molecule has 34 heavy (non-hydrogen) atoms. The van der Waals surface area contributed by atoms with E-state index in [1.54, 1.807) is 30.7 Å². The van der Waals surface area contributed by atoms with Crippen LogP contribution in [0.5, 0.6) is 5.75 Å². The molecule has 1 N–H and O–H groups in total. The first-order valence-corrected chi connectivity index (χ1v) is 11.8. The highest BCUT2D eigenvalue weighted by Crippen LogP contribution is 2.28. The van der Waals surface area contributed by atoms with Crippen molar-refractivity contribution in [1.82, 2.24) is 25.2 Å². The van der Waals surface area contributed by atoms with Gasteiger partial charge in [0.2, 0.25) is 0 Å². The molecule has 0 unspecified atom stereocenters. The number of hydrazone groups is 1. The molecule has 4 aromatic rings. The summed E-state index contributed by atoms with van der Waals surface area (Å²) in [5.41, 5.74) is 5.08. The Morgan fingerprint density at radius 2 is 1.82 bits per heavy atom. The number of carbonyl (C=O) groups is 1. The fraction of sp³-hybridized carbons (Fsp3) is 0.125. The highest BCUT2D eigenvalue weighted by molar-refractivity contribution is 7.99. The van der Waals surface area contributed by atoms with E-state index in [0.717, 1.165) is 22.6 Å². The molecule has 4 rings (SSSR count). The molecule has 0 atom stereocenters. The minimum absolute atomic E-state index is 0.114. The smallest absolute Gasteiger partial charge is 0.250 e. The number of hydrogen-bond donors (Lipinski definition) is 1. The van der Waals surface area contributed by atoms with Gasteiger partial charge in [0, 0.05) is 28.7 Å². The molecule has 0 spiro atoms. The van der Waals surface area contributed by atoms with Gasteiger partial charge >= 0.3 is 0 Å². The normalized spacial score (nSPS) is 11.0. The lowest BCUT2D eigenvalue weighted by molar-refractivity contribution is -0.118. The van der Waals surface area contributed by atoms with E-state index in [2.05, 4.69) is 25.7 Å². The van der Waals surface area contributed by atoms with E-state index in [9.17, 15) is 4.79 Å². The monoisotopic (exact) mass is 492 g/mol. The molecule has 0 saturated carbocycles. The lowest BCUT2D eigenvalue weighted by Gasteiger charge is -2.10. The van der Waals surface area contributed by atoms with Gasteiger partial charge in [0.25, 0.3) is 5.91 Å². The van der Waals surface area contributed by atoms with Crippen molar-refractivity contribution >= 4 is 35.5 Å². The topological polar surface area (TPSA) is 94.3 Å². The number of nitrogens with one attached hydrogen (secondary N) is 1. The number of nitrogens with zero attached hydrogens (tertiary/aromatic N) is 5. The standard InChI is InChI=1S/C24H21ClN6O2S/c1-2-33-21-9-3-17(4-10-21)15-27-28-22(32)16-34-24-30-29-23(18-11-13-26-14-12-18)31(24)20-7-5-19(25)6-8-20/h3-15H,2,16H2,1H3,(H,28,32)/b27-15-. The van der Waals surface area contributed by atoms with E-state index in [1.807, 2.05) is 60.0 Å². The van der Waals surface area contributed by atoms with Crippen molar-refractivity contribution in [2.45, 2.75) is 12.1 Å². The molecular formula is C24H21ClN6O2S. The third-order valence-corrected chi connectivity index (χ3v) is 5.76. The molecule has 2 heterocycles. The van der Waals surface area contributed by atoms with E-state index in [0.29, 0.717) is 22.6 Å². The largest absolute Gasteiger partial charge is 0.494 e. The van der Waals surface area contributed by atoms with Crippen molar-refractivity contribution in [2.75, 3.05) is 12.4 Å². The molecule has 2 aromatic carbocycles. The van der Waals surface area contributed by atoms with Crippen molar-refractivity contribution in [3.05, 3.63) is 83.6 Å². The van der Waals surface area contributed by atoms with Gasteiger partial charge in [0.15, 0.2) is 11.0 Å². The van der Waals surface area contributed by atoms with Crippen LogP contribution in [0.4, 0.5) is 0 Å². The summed E-state index contributed by atoms with van der Waals surface area (Å²) in [6, 6.07) is 18.5. The highest BCUT2D eigenvalue weighted by atomic mass is 35.5. The van der Waals surface area contributed by atoms with Crippen LogP contribution in [-0.4, -0.2) is 44.2 Å². The number of pyridine rings is 1. The summed E-state index contributed by atoms with van der Waals surface area (Å²) in [5.74, 6) is 1.28. The second-order valence-electron chi connectivity index (χ2n) is 6.94. The molecule has 0 fully saturated rings. The molecule has 0 aliphatic carbocycles. The van der Waals surface area contributed by atoms with E-state index in [1.165, 1.54) is 11.8 Å². The number of ether oxygens (including phenoxy) is 1. The minimum atomic E-state index is -0.261. The number of aromatic nitrogens is 4. The number of benzene rings is 2. The van der Waals surface area contributed by atoms with Gasteiger partial charge in [-0.05, 0) is 73.2 Å². The zero-order valence-electron chi connectivity index (χ0n) is 18.3. The number of thioether (sulfide) groups is 1. The summed E-state index contributed by atoms with van der Waals surface area (Å²) in [7, 11) is 0. The summed E-state index contributed by atoms with van der Waals surface area (Å²) in [5, 5.41) is 13.9. The molecule has 8 nitrogen and oxygen atoms in total. The number of rotatable bonds is 9. The van der Waals surface area contributed by atoms with Crippen LogP contribution >= 0.6 is 23.4 Å². The average Bonchev–Trinajstić information content (AvgIpc) is 3.29. The maximum atomic E-state index is 12.4. The quantitative estimate of drug-likeness (QED) is 0.208. The zero-order valence-corrected chi connectivity index (χ0v) is 19.8. The van der Waals surface area contributed by atoms with Crippen molar-refractivity contribution in [1.29, 1.82) is 0 Å². The Kier molecular flexibility index (Phi) is 7.90. The Hall–Kier alpha value is -3.69. The van der Waals surface area contributed by atoms with Crippen LogP contribution in [0.25, 0.3) is 17.1 Å². The first-order chi connectivity index (χ1) is 16.6. The third-order valence-electron chi connectivity index (χ3n) is 4.58. The Morgan fingerprint density at radius 3 is 2.53 bits per heavy atom. The summed E-state index contributed by atoms with van der Waals surface area (Å²) in [4.78, 5) is 16.4. The molecule has 0 radical (unpaired) electrons. The van der Waals surface area contributed by atoms with Crippen molar-refractivity contribution in [3.63, 3.8) is 0 Å². The first-order valence-electron chi connectivity index (χ1n) is 10.4. The summed E-state index contributed by atoms with van der Waals surface area (Å²) < 4.78 is 7.30. The van der Waals surface area contributed by atoms with E-state index < -0.39 is 0 Å². The van der Waals surface area contributed by atoms with Crippen LogP contribution in [0, 0.1) is 0 Å². The lowest BCUT2D eigenvalue weighted by Crippen LogP contribution is -2.20. The fourth-order valence-electron chi connectivity index (χ4n) is 3.03. The van der Waals surface area contributed by atoms with Gasteiger partial charge in [-0.2, -0.15) is 5.10 Å². The van der Waals surface area contributed by atoms with Crippen LogP contribution < -0.4 is 10.2 Å². The fourth-order valence-corrected chi connectivity index (χ4v) is 3.90. The molecule has 0 aliphatic rings. The Bertz CT molecular complexity index is 1260. The van der Waals surface area contributed by atoms with Crippen LogP contribution in [0.1, 0.15) is 12.5 Å². The molecule has 0 aliphatic heterocycles. The van der Waals surface area contributed by atoms with Crippen LogP contribution in [0.2, 0.25) is 5.02 Å². The van der Waals surface area contributed by atoms with Crippen LogP contribution in [-0.2, 0) is 4.79 Å². The van der Waals surface area contributed by atoms with Gasteiger partial charge in [0.1, 0.15) is 5.75 Å². The molecular weight excluding hydrogens is 472 g/mol. The van der Waals surface area contributed by atoms with E-state index in [4.69, 9.17) is 16.3 Å². The lowest BCUT2D eigenvalue weighted by atomic mass is 10.2. The molecule has 172 valence electrons. The second-order valence-corrected chi connectivity index (χ2v) is 8.32. The zero-order chi connectivity index (χ0) is 23.8. The predicted octanol–water partition coefficient (Wildman–Crippen LogP) is 4.62. The first kappa shape index (κ1) is 23.5. The van der Waals surface area contributed by atoms with Crippen LogP contribution in [0.3, 0.4) is 0 Å². The average molecular weight is 493 g/mol. The minimum Gasteiger partial charge on any atom is -0.494 e. The molecule has 10 heteroatoms. The third kappa shape index (κ3) is 6.00. The molecule has 2 aromatic heterocycles. The van der Waals surface area contributed by atoms with E-state index in [-0.39, 0.29) is 11.7 Å². The Balaban J connectivity index is 1.44. The van der Waals surface area contributed by atoms with Gasteiger partial charge < -0.3 is 4.74 Å². The van der Waals surface area contributed by atoms with Gasteiger partial charge in [-0.1, -0.05) is 23.4 Å². The maximum Gasteiger partial charge on any atom is 0.250 e. The van der Waals surface area contributed by atoms with Gasteiger partial charge in [-0.25, -0.2) is 5.43 Å². The summed E-state index contributed by atoms with van der Waals surface area (Å²) in [6.07, 6.45) is 4.97. The van der Waals surface area contributed by atoms with Crippen LogP contribution in [0.15, 0.2) is 83.3 Å². The number of carbonyl (C=O) groups excluding carboxylic acids is 1. The van der Waals surface area contributed by atoms with Crippen molar-refractivity contribution < 1.29 is 9.53 Å². The van der Waals surface area contributed by atoms with Gasteiger partial charge in [-0.15, -0.1) is 10.2 Å².